The van der Waals surface area contributed by atoms with Crippen molar-refractivity contribution in [2.45, 2.75) is 45.4 Å². The molecule has 0 spiro atoms. The van der Waals surface area contributed by atoms with Crippen molar-refractivity contribution in [1.82, 2.24) is 19.6 Å². The molecule has 0 unspecified atom stereocenters. The molecule has 2 heterocycles. The first kappa shape index (κ1) is 20.8. The van der Waals surface area contributed by atoms with Crippen LogP contribution in [0.5, 0.6) is 5.75 Å². The standard InChI is InChI=1S/C25H28N4O2/c1-25(2,3)19-14-12-18(13-15-19)24-26-21(29-22(27-24)17-23(30)28-29)11-7-8-16-31-20-9-5-4-6-10-20/h4-6,9-10,12-15,17H,7-8,11,16H2,1-3H3,(H,28,30). The Hall–Kier alpha value is -3.41. The molecular weight excluding hydrogens is 388 g/mol. The van der Waals surface area contributed by atoms with E-state index in [2.05, 4.69) is 55.1 Å². The number of nitrogens with zero attached hydrogens (tertiary/aromatic N) is 3. The van der Waals surface area contributed by atoms with E-state index < -0.39 is 0 Å². The number of rotatable bonds is 7. The van der Waals surface area contributed by atoms with Crippen LogP contribution in [0.15, 0.2) is 65.5 Å². The van der Waals surface area contributed by atoms with E-state index in [1.807, 2.05) is 30.3 Å². The first-order valence-corrected chi connectivity index (χ1v) is 10.7. The van der Waals surface area contributed by atoms with Gasteiger partial charge in [0.25, 0.3) is 5.56 Å². The van der Waals surface area contributed by atoms with E-state index in [0.717, 1.165) is 36.4 Å². The van der Waals surface area contributed by atoms with Crippen LogP contribution in [0.4, 0.5) is 0 Å². The van der Waals surface area contributed by atoms with Crippen molar-refractivity contribution < 1.29 is 4.74 Å². The molecule has 0 saturated carbocycles. The number of nitrogens with one attached hydrogen (secondary N) is 1. The number of hydrogen-bond acceptors (Lipinski definition) is 4. The van der Waals surface area contributed by atoms with Gasteiger partial charge in [-0.15, -0.1) is 0 Å². The topological polar surface area (TPSA) is 72.3 Å². The number of fused-ring (bicyclic) bond motifs is 1. The van der Waals surface area contributed by atoms with Crippen molar-refractivity contribution in [2.24, 2.45) is 0 Å². The van der Waals surface area contributed by atoms with Crippen molar-refractivity contribution in [2.75, 3.05) is 6.61 Å². The Morgan fingerprint density at radius 2 is 1.71 bits per heavy atom. The van der Waals surface area contributed by atoms with Crippen molar-refractivity contribution in [3.05, 3.63) is 82.4 Å². The predicted molar refractivity (Wildman–Crippen MR) is 123 cm³/mol. The van der Waals surface area contributed by atoms with Gasteiger partial charge in [0.15, 0.2) is 11.5 Å². The lowest BCUT2D eigenvalue weighted by atomic mass is 9.87. The Balaban J connectivity index is 1.50. The van der Waals surface area contributed by atoms with E-state index in [1.165, 1.54) is 11.6 Å². The monoisotopic (exact) mass is 416 g/mol. The number of aromatic amines is 1. The van der Waals surface area contributed by atoms with Crippen LogP contribution >= 0.6 is 0 Å². The summed E-state index contributed by atoms with van der Waals surface area (Å²) in [5.41, 5.74) is 2.70. The molecule has 2 aromatic heterocycles. The summed E-state index contributed by atoms with van der Waals surface area (Å²) in [6.07, 6.45) is 2.50. The van der Waals surface area contributed by atoms with Gasteiger partial charge in [0.2, 0.25) is 0 Å². The number of aryl methyl sites for hydroxylation is 1. The van der Waals surface area contributed by atoms with Crippen molar-refractivity contribution in [3.63, 3.8) is 0 Å². The van der Waals surface area contributed by atoms with Crippen LogP contribution in [0, 0.1) is 0 Å². The maximum Gasteiger partial charge on any atom is 0.266 e. The number of para-hydroxylation sites is 1. The molecule has 0 bridgehead atoms. The van der Waals surface area contributed by atoms with Crippen LogP contribution in [0.25, 0.3) is 17.0 Å². The van der Waals surface area contributed by atoms with Crippen LogP contribution < -0.4 is 10.3 Å². The maximum atomic E-state index is 11.9. The lowest BCUT2D eigenvalue weighted by Gasteiger charge is -2.19. The third-order valence-electron chi connectivity index (χ3n) is 5.24. The number of benzene rings is 2. The summed E-state index contributed by atoms with van der Waals surface area (Å²) in [5.74, 6) is 2.30. The van der Waals surface area contributed by atoms with Gasteiger partial charge in [-0.3, -0.25) is 9.89 Å². The zero-order chi connectivity index (χ0) is 21.8. The third-order valence-corrected chi connectivity index (χ3v) is 5.24. The van der Waals surface area contributed by atoms with Gasteiger partial charge in [-0.05, 0) is 36.0 Å². The zero-order valence-electron chi connectivity index (χ0n) is 18.3. The second kappa shape index (κ2) is 8.76. The molecule has 0 aliphatic carbocycles. The lowest BCUT2D eigenvalue weighted by Crippen LogP contribution is -2.11. The Kier molecular flexibility index (Phi) is 5.89. The summed E-state index contributed by atoms with van der Waals surface area (Å²) in [4.78, 5) is 21.3. The summed E-state index contributed by atoms with van der Waals surface area (Å²) in [5, 5.41) is 2.81. The lowest BCUT2D eigenvalue weighted by molar-refractivity contribution is 0.306. The highest BCUT2D eigenvalue weighted by molar-refractivity contribution is 5.58. The highest BCUT2D eigenvalue weighted by atomic mass is 16.5. The highest BCUT2D eigenvalue weighted by Gasteiger charge is 2.15. The van der Waals surface area contributed by atoms with E-state index in [-0.39, 0.29) is 11.0 Å². The summed E-state index contributed by atoms with van der Waals surface area (Å²) < 4.78 is 7.46. The van der Waals surface area contributed by atoms with Gasteiger partial charge in [-0.1, -0.05) is 63.2 Å². The minimum absolute atomic E-state index is 0.0876. The van der Waals surface area contributed by atoms with Crippen LogP contribution in [0.3, 0.4) is 0 Å². The molecule has 1 N–H and O–H groups in total. The number of unbranched alkanes of at least 4 members (excludes halogenated alkanes) is 1. The molecule has 6 nitrogen and oxygen atoms in total. The molecule has 2 aromatic carbocycles. The first-order valence-electron chi connectivity index (χ1n) is 10.7. The molecule has 4 aromatic rings. The number of aromatic nitrogens is 4. The Bertz CT molecular complexity index is 1200. The Labute approximate surface area is 181 Å². The van der Waals surface area contributed by atoms with E-state index in [9.17, 15) is 4.79 Å². The van der Waals surface area contributed by atoms with Crippen molar-refractivity contribution in [1.29, 1.82) is 0 Å². The fraction of sp³-hybridized carbons (Fsp3) is 0.320. The summed E-state index contributed by atoms with van der Waals surface area (Å²) in [6, 6.07) is 19.7. The fourth-order valence-corrected chi connectivity index (χ4v) is 3.47. The maximum absolute atomic E-state index is 11.9. The summed E-state index contributed by atoms with van der Waals surface area (Å²) >= 11 is 0. The van der Waals surface area contributed by atoms with E-state index in [1.54, 1.807) is 4.52 Å². The molecule has 0 amide bonds. The largest absolute Gasteiger partial charge is 0.494 e. The second-order valence-electron chi connectivity index (χ2n) is 8.72. The number of H-pyrrole nitrogens is 1. The molecule has 0 fully saturated rings. The smallest absolute Gasteiger partial charge is 0.266 e. The number of hydrogen-bond donors (Lipinski definition) is 1. The third kappa shape index (κ3) is 5.02. The van der Waals surface area contributed by atoms with Gasteiger partial charge in [0.1, 0.15) is 11.6 Å². The second-order valence-corrected chi connectivity index (χ2v) is 8.72. The molecule has 6 heteroatoms. The summed E-state index contributed by atoms with van der Waals surface area (Å²) in [7, 11) is 0. The molecule has 0 radical (unpaired) electrons. The van der Waals surface area contributed by atoms with E-state index >= 15 is 0 Å². The molecule has 31 heavy (non-hydrogen) atoms. The van der Waals surface area contributed by atoms with Gasteiger partial charge >= 0.3 is 0 Å². The first-order chi connectivity index (χ1) is 14.9. The molecule has 0 aliphatic heterocycles. The Morgan fingerprint density at radius 3 is 2.42 bits per heavy atom. The van der Waals surface area contributed by atoms with Gasteiger partial charge in [0.05, 0.1) is 6.61 Å². The van der Waals surface area contributed by atoms with Gasteiger partial charge in [0, 0.05) is 18.1 Å². The van der Waals surface area contributed by atoms with E-state index in [0.29, 0.717) is 18.1 Å². The minimum atomic E-state index is -0.178. The summed E-state index contributed by atoms with van der Waals surface area (Å²) in [6.45, 7) is 7.21. The predicted octanol–water partition coefficient (Wildman–Crippen LogP) is 4.78. The van der Waals surface area contributed by atoms with Gasteiger partial charge in [-0.25, -0.2) is 14.5 Å². The quantitative estimate of drug-likeness (QED) is 0.440. The fourth-order valence-electron chi connectivity index (χ4n) is 3.47. The van der Waals surface area contributed by atoms with Crippen LogP contribution in [-0.2, 0) is 11.8 Å². The normalized spacial score (nSPS) is 11.7. The van der Waals surface area contributed by atoms with E-state index in [4.69, 9.17) is 9.72 Å². The van der Waals surface area contributed by atoms with Crippen molar-refractivity contribution >= 4 is 5.65 Å². The SMILES string of the molecule is CC(C)(C)c1ccc(-c2nc(CCCCOc3ccccc3)n3[nH]c(=O)cc3n2)cc1. The molecule has 4 rings (SSSR count). The van der Waals surface area contributed by atoms with Crippen LogP contribution in [0.2, 0.25) is 0 Å². The van der Waals surface area contributed by atoms with Gasteiger partial charge in [-0.2, -0.15) is 0 Å². The van der Waals surface area contributed by atoms with Crippen molar-refractivity contribution in [3.8, 4) is 17.1 Å². The van der Waals surface area contributed by atoms with Crippen LogP contribution in [-0.4, -0.2) is 26.2 Å². The average Bonchev–Trinajstić information content (AvgIpc) is 3.14. The van der Waals surface area contributed by atoms with Gasteiger partial charge < -0.3 is 4.74 Å². The molecular formula is C25H28N4O2. The highest BCUT2D eigenvalue weighted by Crippen LogP contribution is 2.25. The molecule has 0 saturated heterocycles. The zero-order valence-corrected chi connectivity index (χ0v) is 18.3. The average molecular weight is 417 g/mol. The van der Waals surface area contributed by atoms with Crippen LogP contribution in [0.1, 0.15) is 45.0 Å². The molecule has 0 aliphatic rings. The molecule has 0 atom stereocenters. The Morgan fingerprint density at radius 1 is 0.968 bits per heavy atom. The number of ether oxygens (including phenoxy) is 1. The minimum Gasteiger partial charge on any atom is -0.494 e. The molecule has 160 valence electrons.